The van der Waals surface area contributed by atoms with E-state index < -0.39 is 17.8 Å². The van der Waals surface area contributed by atoms with Crippen molar-refractivity contribution in [3.05, 3.63) is 35.4 Å². The summed E-state index contributed by atoms with van der Waals surface area (Å²) in [6.07, 6.45) is -2.65. The van der Waals surface area contributed by atoms with Crippen LogP contribution in [0.1, 0.15) is 43.9 Å². The molecule has 2 rings (SSSR count). The largest absolute Gasteiger partial charge is 0.416 e. The van der Waals surface area contributed by atoms with Gasteiger partial charge in [-0.15, -0.1) is 0 Å². The molecule has 0 radical (unpaired) electrons. The molecule has 1 fully saturated rings. The summed E-state index contributed by atoms with van der Waals surface area (Å²) in [7, 11) is 3.85. The van der Waals surface area contributed by atoms with Crippen molar-refractivity contribution in [2.24, 2.45) is 4.99 Å². The van der Waals surface area contributed by atoms with E-state index in [-0.39, 0.29) is 0 Å². The smallest absolute Gasteiger partial charge is 0.370 e. The van der Waals surface area contributed by atoms with E-state index in [1.807, 2.05) is 0 Å². The molecule has 164 valence electrons. The number of nitrogens with one attached hydrogen (secondary N) is 1. The Morgan fingerprint density at radius 3 is 2.76 bits per heavy atom. The van der Waals surface area contributed by atoms with Gasteiger partial charge in [-0.1, -0.05) is 12.1 Å². The minimum absolute atomic E-state index is 0.413. The fraction of sp³-hybridized carbons (Fsp3) is 0.667. The molecule has 0 spiro atoms. The molecule has 1 N–H and O–H groups in total. The highest BCUT2D eigenvalue weighted by atomic mass is 19.4. The van der Waals surface area contributed by atoms with Crippen molar-refractivity contribution in [3.63, 3.8) is 0 Å². The highest BCUT2D eigenvalue weighted by Gasteiger charge is 2.32. The number of nitrogens with zero attached hydrogens (tertiary/aromatic N) is 3. The molecule has 1 heterocycles. The topological polar surface area (TPSA) is 40.1 Å². The second-order valence-corrected chi connectivity index (χ2v) is 7.68. The summed E-state index contributed by atoms with van der Waals surface area (Å²) >= 11 is 0. The SMILES string of the molecule is CN=C(NCCCCN(C)C(C)C)N1CCOC(c2cccc(C(F)(F)F)c2)C1. The zero-order valence-electron chi connectivity index (χ0n) is 17.8. The maximum Gasteiger partial charge on any atom is 0.416 e. The van der Waals surface area contributed by atoms with Crippen molar-refractivity contribution in [3.8, 4) is 0 Å². The number of halogens is 3. The zero-order chi connectivity index (χ0) is 21.4. The predicted molar refractivity (Wildman–Crippen MR) is 110 cm³/mol. The summed E-state index contributed by atoms with van der Waals surface area (Å²) in [6, 6.07) is 5.92. The Morgan fingerprint density at radius 1 is 1.34 bits per heavy atom. The molecule has 8 heteroatoms. The summed E-state index contributed by atoms with van der Waals surface area (Å²) in [5.41, 5.74) is -0.110. The highest BCUT2D eigenvalue weighted by Crippen LogP contribution is 2.32. The quantitative estimate of drug-likeness (QED) is 0.419. The normalized spacial score (nSPS) is 18.6. The zero-order valence-corrected chi connectivity index (χ0v) is 17.8. The molecule has 0 saturated carbocycles. The van der Waals surface area contributed by atoms with E-state index in [9.17, 15) is 13.2 Å². The molecule has 1 aliphatic heterocycles. The molecule has 1 aliphatic rings. The van der Waals surface area contributed by atoms with Gasteiger partial charge in [0.15, 0.2) is 5.96 Å². The molecule has 1 aromatic carbocycles. The monoisotopic (exact) mass is 414 g/mol. The number of ether oxygens (including phenoxy) is 1. The Labute approximate surface area is 171 Å². The Kier molecular flexibility index (Phi) is 8.77. The maximum absolute atomic E-state index is 13.0. The third-order valence-electron chi connectivity index (χ3n) is 5.27. The van der Waals surface area contributed by atoms with E-state index in [1.165, 1.54) is 12.1 Å². The number of rotatable bonds is 7. The summed E-state index contributed by atoms with van der Waals surface area (Å²) in [4.78, 5) is 8.71. The predicted octanol–water partition coefficient (Wildman–Crippen LogP) is 3.77. The van der Waals surface area contributed by atoms with E-state index in [4.69, 9.17) is 4.74 Å². The third kappa shape index (κ3) is 7.19. The van der Waals surface area contributed by atoms with Gasteiger partial charge in [-0.3, -0.25) is 4.99 Å². The molecule has 1 saturated heterocycles. The first kappa shape index (κ1) is 23.5. The van der Waals surface area contributed by atoms with E-state index in [0.29, 0.717) is 31.3 Å². The van der Waals surface area contributed by atoms with Crippen molar-refractivity contribution >= 4 is 5.96 Å². The summed E-state index contributed by atoms with van der Waals surface area (Å²) in [5, 5.41) is 3.37. The van der Waals surface area contributed by atoms with Gasteiger partial charge in [0.2, 0.25) is 0 Å². The number of aliphatic imine (C=N–C) groups is 1. The lowest BCUT2D eigenvalue weighted by Crippen LogP contribution is -2.48. The van der Waals surface area contributed by atoms with Crippen LogP contribution in [-0.4, -0.2) is 68.7 Å². The lowest BCUT2D eigenvalue weighted by Gasteiger charge is -2.35. The maximum atomic E-state index is 13.0. The van der Waals surface area contributed by atoms with Gasteiger partial charge in [0.1, 0.15) is 6.10 Å². The number of morpholine rings is 1. The minimum atomic E-state index is -4.36. The van der Waals surface area contributed by atoms with Gasteiger partial charge >= 0.3 is 6.18 Å². The van der Waals surface area contributed by atoms with Gasteiger partial charge in [0.25, 0.3) is 0 Å². The van der Waals surface area contributed by atoms with Crippen molar-refractivity contribution < 1.29 is 17.9 Å². The first-order valence-corrected chi connectivity index (χ1v) is 10.2. The van der Waals surface area contributed by atoms with Crippen LogP contribution < -0.4 is 5.32 Å². The number of benzene rings is 1. The van der Waals surface area contributed by atoms with E-state index in [1.54, 1.807) is 13.1 Å². The van der Waals surface area contributed by atoms with Crippen molar-refractivity contribution in [1.82, 2.24) is 15.1 Å². The number of guanidine groups is 1. The summed E-state index contributed by atoms with van der Waals surface area (Å²) < 4.78 is 44.8. The lowest BCUT2D eigenvalue weighted by atomic mass is 10.0. The first-order valence-electron chi connectivity index (χ1n) is 10.2. The van der Waals surface area contributed by atoms with E-state index in [2.05, 4.69) is 41.0 Å². The first-order chi connectivity index (χ1) is 13.7. The van der Waals surface area contributed by atoms with Crippen LogP contribution in [0.4, 0.5) is 13.2 Å². The van der Waals surface area contributed by atoms with Crippen molar-refractivity contribution in [2.75, 3.05) is 46.9 Å². The fourth-order valence-corrected chi connectivity index (χ4v) is 3.24. The Hall–Kier alpha value is -1.80. The number of hydrogen-bond acceptors (Lipinski definition) is 3. The molecule has 0 bridgehead atoms. The standard InChI is InChI=1S/C21H33F3N4O/c1-16(2)27(4)11-6-5-10-26-20(25-3)28-12-13-29-19(15-28)17-8-7-9-18(14-17)21(22,23)24/h7-9,14,16,19H,5-6,10-13,15H2,1-4H3,(H,25,26). The second kappa shape index (κ2) is 10.8. The van der Waals surface area contributed by atoms with Gasteiger partial charge in [-0.2, -0.15) is 13.2 Å². The molecule has 0 amide bonds. The van der Waals surface area contributed by atoms with E-state index in [0.717, 1.165) is 38.0 Å². The average molecular weight is 415 g/mol. The van der Waals surface area contributed by atoms with Crippen molar-refractivity contribution in [2.45, 2.75) is 45.0 Å². The number of alkyl halides is 3. The summed E-state index contributed by atoms with van der Waals surface area (Å²) in [5.74, 6) is 0.766. The Bertz CT molecular complexity index is 664. The van der Waals surface area contributed by atoms with Crippen LogP contribution in [0.2, 0.25) is 0 Å². The second-order valence-electron chi connectivity index (χ2n) is 7.68. The van der Waals surface area contributed by atoms with Crippen LogP contribution in [0, 0.1) is 0 Å². The van der Waals surface area contributed by atoms with Gasteiger partial charge < -0.3 is 19.9 Å². The molecule has 1 atom stereocenters. The summed E-state index contributed by atoms with van der Waals surface area (Å²) in [6.45, 7) is 7.79. The number of unbranched alkanes of at least 4 members (excludes halogenated alkanes) is 1. The molecule has 5 nitrogen and oxygen atoms in total. The van der Waals surface area contributed by atoms with Crippen LogP contribution in [0.15, 0.2) is 29.3 Å². The average Bonchev–Trinajstić information content (AvgIpc) is 2.70. The molecule has 29 heavy (non-hydrogen) atoms. The van der Waals surface area contributed by atoms with E-state index >= 15 is 0 Å². The van der Waals surface area contributed by atoms with Crippen LogP contribution in [-0.2, 0) is 10.9 Å². The van der Waals surface area contributed by atoms with Crippen molar-refractivity contribution in [1.29, 1.82) is 0 Å². The van der Waals surface area contributed by atoms with Crippen LogP contribution in [0.25, 0.3) is 0 Å². The molecule has 1 aromatic rings. The van der Waals surface area contributed by atoms with Gasteiger partial charge in [0.05, 0.1) is 18.7 Å². The molecule has 0 aromatic heterocycles. The Morgan fingerprint density at radius 2 is 2.10 bits per heavy atom. The molecular weight excluding hydrogens is 381 g/mol. The van der Waals surface area contributed by atoms with Gasteiger partial charge in [0, 0.05) is 26.2 Å². The van der Waals surface area contributed by atoms with Crippen LogP contribution in [0.3, 0.4) is 0 Å². The molecular formula is C21H33F3N4O. The van der Waals surface area contributed by atoms with Gasteiger partial charge in [-0.05, 0) is 58.0 Å². The molecule has 1 unspecified atom stereocenters. The minimum Gasteiger partial charge on any atom is -0.370 e. The highest BCUT2D eigenvalue weighted by molar-refractivity contribution is 5.80. The fourth-order valence-electron chi connectivity index (χ4n) is 3.24. The third-order valence-corrected chi connectivity index (χ3v) is 5.27. The van der Waals surface area contributed by atoms with Gasteiger partial charge in [-0.25, -0.2) is 0 Å². The number of hydrogen-bond donors (Lipinski definition) is 1. The lowest BCUT2D eigenvalue weighted by molar-refractivity contribution is -0.137. The van der Waals surface area contributed by atoms with Crippen LogP contribution in [0.5, 0.6) is 0 Å². The Balaban J connectivity index is 1.88. The van der Waals surface area contributed by atoms with Crippen LogP contribution >= 0.6 is 0 Å². The molecule has 0 aliphatic carbocycles.